The van der Waals surface area contributed by atoms with Crippen molar-refractivity contribution in [3.8, 4) is 0 Å². The molecule has 3 nitrogen and oxygen atoms in total. The first-order chi connectivity index (χ1) is 6.04. The van der Waals surface area contributed by atoms with E-state index in [2.05, 4.69) is 0 Å². The quantitative estimate of drug-likeness (QED) is 0.670. The van der Waals surface area contributed by atoms with Gasteiger partial charge in [0.15, 0.2) is 0 Å². The van der Waals surface area contributed by atoms with E-state index in [0.29, 0.717) is 0 Å². The highest BCUT2D eigenvalue weighted by Gasteiger charge is 2.21. The molecule has 0 aromatic carbocycles. The second-order valence-electron chi connectivity index (χ2n) is 3.31. The Balaban J connectivity index is 4.27. The van der Waals surface area contributed by atoms with Crippen LogP contribution in [0.4, 0.5) is 0 Å². The molecule has 1 unspecified atom stereocenters. The van der Waals surface area contributed by atoms with Crippen molar-refractivity contribution in [3.63, 3.8) is 0 Å². The SMILES string of the molecule is CCCC(CC)C(=O)N(C)C(C)=O. The van der Waals surface area contributed by atoms with Crippen LogP contribution < -0.4 is 0 Å². The molecule has 0 aliphatic rings. The molecular weight excluding hydrogens is 166 g/mol. The van der Waals surface area contributed by atoms with E-state index in [9.17, 15) is 9.59 Å². The molecule has 0 aromatic rings. The Morgan fingerprint density at radius 2 is 1.85 bits per heavy atom. The standard InChI is InChI=1S/C10H19NO2/c1-5-7-9(6-2)10(13)11(4)8(3)12/h9H,5-7H2,1-4H3. The molecule has 76 valence electrons. The average molecular weight is 185 g/mol. The molecule has 0 radical (unpaired) electrons. The maximum atomic E-state index is 11.6. The molecule has 1 atom stereocenters. The topological polar surface area (TPSA) is 37.4 Å². The molecule has 13 heavy (non-hydrogen) atoms. The number of amides is 2. The van der Waals surface area contributed by atoms with Crippen LogP contribution in [0.25, 0.3) is 0 Å². The Bertz CT molecular complexity index is 189. The first-order valence-corrected chi connectivity index (χ1v) is 4.82. The number of rotatable bonds is 4. The van der Waals surface area contributed by atoms with E-state index in [1.165, 1.54) is 11.8 Å². The van der Waals surface area contributed by atoms with Gasteiger partial charge in [-0.05, 0) is 12.8 Å². The van der Waals surface area contributed by atoms with Gasteiger partial charge in [-0.1, -0.05) is 20.3 Å². The van der Waals surface area contributed by atoms with Crippen molar-refractivity contribution in [2.45, 2.75) is 40.0 Å². The lowest BCUT2D eigenvalue weighted by molar-refractivity contribution is -0.144. The first kappa shape index (κ1) is 12.1. The number of carbonyl (C=O) groups is 2. The summed E-state index contributed by atoms with van der Waals surface area (Å²) in [6.45, 7) is 5.44. The smallest absolute Gasteiger partial charge is 0.231 e. The van der Waals surface area contributed by atoms with Gasteiger partial charge in [-0.15, -0.1) is 0 Å². The Morgan fingerprint density at radius 1 is 1.31 bits per heavy atom. The van der Waals surface area contributed by atoms with Crippen LogP contribution in [-0.2, 0) is 9.59 Å². The molecule has 0 N–H and O–H groups in total. The third kappa shape index (κ3) is 3.57. The Labute approximate surface area is 80.1 Å². The normalized spacial score (nSPS) is 12.3. The third-order valence-electron chi connectivity index (χ3n) is 2.28. The van der Waals surface area contributed by atoms with Gasteiger partial charge >= 0.3 is 0 Å². The number of hydrogen-bond acceptors (Lipinski definition) is 2. The zero-order valence-corrected chi connectivity index (χ0v) is 8.96. The van der Waals surface area contributed by atoms with Gasteiger partial charge in [-0.3, -0.25) is 14.5 Å². The summed E-state index contributed by atoms with van der Waals surface area (Å²) < 4.78 is 0. The number of nitrogens with zero attached hydrogens (tertiary/aromatic N) is 1. The lowest BCUT2D eigenvalue weighted by Gasteiger charge is -2.19. The molecule has 0 aliphatic heterocycles. The molecule has 3 heteroatoms. The fourth-order valence-corrected chi connectivity index (χ4v) is 1.28. The van der Waals surface area contributed by atoms with E-state index in [0.717, 1.165) is 19.3 Å². The highest BCUT2D eigenvalue weighted by atomic mass is 16.2. The number of hydrogen-bond donors (Lipinski definition) is 0. The second kappa shape index (κ2) is 5.73. The minimum absolute atomic E-state index is 0.0129. The Morgan fingerprint density at radius 3 is 2.15 bits per heavy atom. The predicted octanol–water partition coefficient (Wildman–Crippen LogP) is 1.82. The Kier molecular flexibility index (Phi) is 5.35. The van der Waals surface area contributed by atoms with E-state index in [-0.39, 0.29) is 17.7 Å². The van der Waals surface area contributed by atoms with Crippen molar-refractivity contribution in [3.05, 3.63) is 0 Å². The highest BCUT2D eigenvalue weighted by Crippen LogP contribution is 2.13. The Hall–Kier alpha value is -0.860. The van der Waals surface area contributed by atoms with E-state index in [1.807, 2.05) is 13.8 Å². The van der Waals surface area contributed by atoms with Crippen LogP contribution in [-0.4, -0.2) is 23.8 Å². The van der Waals surface area contributed by atoms with Crippen molar-refractivity contribution < 1.29 is 9.59 Å². The summed E-state index contributed by atoms with van der Waals surface area (Å²) in [4.78, 5) is 23.7. The van der Waals surface area contributed by atoms with Crippen molar-refractivity contribution in [1.82, 2.24) is 4.90 Å². The van der Waals surface area contributed by atoms with Crippen LogP contribution in [0.15, 0.2) is 0 Å². The molecule has 0 fully saturated rings. The fraction of sp³-hybridized carbons (Fsp3) is 0.800. The lowest BCUT2D eigenvalue weighted by atomic mass is 9.99. The van der Waals surface area contributed by atoms with Crippen molar-refractivity contribution >= 4 is 11.8 Å². The van der Waals surface area contributed by atoms with Crippen molar-refractivity contribution in [1.29, 1.82) is 0 Å². The second-order valence-corrected chi connectivity index (χ2v) is 3.31. The minimum Gasteiger partial charge on any atom is -0.286 e. The summed E-state index contributed by atoms with van der Waals surface area (Å²) in [5.41, 5.74) is 0. The zero-order valence-electron chi connectivity index (χ0n) is 8.96. The zero-order chi connectivity index (χ0) is 10.4. The first-order valence-electron chi connectivity index (χ1n) is 4.82. The average Bonchev–Trinajstić information content (AvgIpc) is 2.11. The maximum Gasteiger partial charge on any atom is 0.231 e. The largest absolute Gasteiger partial charge is 0.286 e. The van der Waals surface area contributed by atoms with Crippen molar-refractivity contribution in [2.75, 3.05) is 7.05 Å². The van der Waals surface area contributed by atoms with Gasteiger partial charge in [0, 0.05) is 19.9 Å². The van der Waals surface area contributed by atoms with E-state index in [4.69, 9.17) is 0 Å². The van der Waals surface area contributed by atoms with Gasteiger partial charge in [0.1, 0.15) is 0 Å². The van der Waals surface area contributed by atoms with E-state index in [1.54, 1.807) is 7.05 Å². The predicted molar refractivity (Wildman–Crippen MR) is 52.1 cm³/mol. The van der Waals surface area contributed by atoms with Crippen LogP contribution in [0, 0.1) is 5.92 Å². The fourth-order valence-electron chi connectivity index (χ4n) is 1.28. The summed E-state index contributed by atoms with van der Waals surface area (Å²) in [5, 5.41) is 0. The van der Waals surface area contributed by atoms with Gasteiger partial charge < -0.3 is 0 Å². The summed E-state index contributed by atoms with van der Waals surface area (Å²) in [7, 11) is 1.54. The molecule has 0 spiro atoms. The molecule has 0 aliphatic carbocycles. The summed E-state index contributed by atoms with van der Waals surface area (Å²) >= 11 is 0. The molecule has 0 bridgehead atoms. The van der Waals surface area contributed by atoms with Crippen LogP contribution >= 0.6 is 0 Å². The minimum atomic E-state index is -0.181. The lowest BCUT2D eigenvalue weighted by Crippen LogP contribution is -2.36. The van der Waals surface area contributed by atoms with Crippen LogP contribution in [0.1, 0.15) is 40.0 Å². The molecule has 0 rings (SSSR count). The van der Waals surface area contributed by atoms with Gasteiger partial charge in [-0.2, -0.15) is 0 Å². The number of carbonyl (C=O) groups excluding carboxylic acids is 2. The summed E-state index contributed by atoms with van der Waals surface area (Å²) in [6.07, 6.45) is 2.66. The van der Waals surface area contributed by atoms with Gasteiger partial charge in [0.25, 0.3) is 0 Å². The van der Waals surface area contributed by atoms with Gasteiger partial charge in [0.2, 0.25) is 11.8 Å². The van der Waals surface area contributed by atoms with E-state index < -0.39 is 0 Å². The molecule has 0 saturated carbocycles. The van der Waals surface area contributed by atoms with E-state index >= 15 is 0 Å². The maximum absolute atomic E-state index is 11.6. The molecule has 0 heterocycles. The molecule has 0 saturated heterocycles. The van der Waals surface area contributed by atoms with Crippen molar-refractivity contribution in [2.24, 2.45) is 5.92 Å². The van der Waals surface area contributed by atoms with Gasteiger partial charge in [-0.25, -0.2) is 0 Å². The monoisotopic (exact) mass is 185 g/mol. The van der Waals surface area contributed by atoms with Crippen LogP contribution in [0.3, 0.4) is 0 Å². The molecule has 0 aromatic heterocycles. The number of imide groups is 1. The third-order valence-corrected chi connectivity index (χ3v) is 2.28. The summed E-state index contributed by atoms with van der Waals surface area (Å²) in [5.74, 6) is -0.213. The highest BCUT2D eigenvalue weighted by molar-refractivity contribution is 5.94. The molecule has 2 amide bonds. The summed E-state index contributed by atoms with van der Waals surface area (Å²) in [6, 6.07) is 0. The molecular formula is C10H19NO2. The van der Waals surface area contributed by atoms with Crippen LogP contribution in [0.5, 0.6) is 0 Å². The van der Waals surface area contributed by atoms with Gasteiger partial charge in [0.05, 0.1) is 0 Å². The van der Waals surface area contributed by atoms with Crippen LogP contribution in [0.2, 0.25) is 0 Å².